The van der Waals surface area contributed by atoms with E-state index in [1.54, 1.807) is 30.5 Å². The second-order valence-corrected chi connectivity index (χ2v) is 11.0. The fraction of sp³-hybridized carbons (Fsp3) is 0.261. The standard InChI is InChI=1S/C23H23NO3S2/c1-23(20(27-23)16-18-10-4-2-5-11-18)17-22(28-21-14-8-9-15-24-21)29(25,26)19-12-6-3-7-13-19/h2-15,20,22H,16-17H2,1H3/t20-,22?,23?/m1/s1. The minimum Gasteiger partial charge on any atom is -0.366 e. The number of sulfone groups is 1. The van der Waals surface area contributed by atoms with Crippen LogP contribution < -0.4 is 0 Å². The van der Waals surface area contributed by atoms with Crippen molar-refractivity contribution in [3.8, 4) is 0 Å². The predicted octanol–water partition coefficient (Wildman–Crippen LogP) is 4.76. The second kappa shape index (κ2) is 8.30. The van der Waals surface area contributed by atoms with Crippen molar-refractivity contribution in [2.24, 2.45) is 0 Å². The summed E-state index contributed by atoms with van der Waals surface area (Å²) in [5.74, 6) is 0. The second-order valence-electron chi connectivity index (χ2n) is 7.39. The first-order valence-corrected chi connectivity index (χ1v) is 12.0. The molecule has 29 heavy (non-hydrogen) atoms. The molecule has 0 N–H and O–H groups in total. The minimum atomic E-state index is -3.55. The molecule has 0 aliphatic carbocycles. The predicted molar refractivity (Wildman–Crippen MR) is 116 cm³/mol. The molecule has 0 saturated carbocycles. The Kier molecular flexibility index (Phi) is 5.76. The molecule has 1 aliphatic heterocycles. The van der Waals surface area contributed by atoms with E-state index in [0.717, 1.165) is 6.42 Å². The number of thioether (sulfide) groups is 1. The highest BCUT2D eigenvalue weighted by Gasteiger charge is 2.54. The van der Waals surface area contributed by atoms with Gasteiger partial charge in [0.25, 0.3) is 0 Å². The van der Waals surface area contributed by atoms with Crippen molar-refractivity contribution in [1.82, 2.24) is 4.98 Å². The lowest BCUT2D eigenvalue weighted by molar-refractivity contribution is 0.300. The van der Waals surface area contributed by atoms with Gasteiger partial charge in [-0.3, -0.25) is 0 Å². The van der Waals surface area contributed by atoms with E-state index in [1.807, 2.05) is 49.4 Å². The van der Waals surface area contributed by atoms with Gasteiger partial charge in [-0.1, -0.05) is 66.4 Å². The van der Waals surface area contributed by atoms with Gasteiger partial charge in [0, 0.05) is 19.0 Å². The van der Waals surface area contributed by atoms with E-state index < -0.39 is 20.0 Å². The van der Waals surface area contributed by atoms with Crippen LogP contribution in [-0.4, -0.2) is 29.7 Å². The molecular weight excluding hydrogens is 402 g/mol. The van der Waals surface area contributed by atoms with Crippen molar-refractivity contribution < 1.29 is 13.2 Å². The molecule has 1 aliphatic rings. The molecular formula is C23H23NO3S2. The van der Waals surface area contributed by atoms with Crippen LogP contribution in [0.15, 0.2) is 95.0 Å². The summed E-state index contributed by atoms with van der Waals surface area (Å²) in [7, 11) is -3.55. The molecule has 6 heteroatoms. The Hall–Kier alpha value is -2.15. The molecule has 4 rings (SSSR count). The Morgan fingerprint density at radius 3 is 2.31 bits per heavy atom. The average Bonchev–Trinajstić information content (AvgIpc) is 3.38. The van der Waals surface area contributed by atoms with Crippen molar-refractivity contribution in [3.63, 3.8) is 0 Å². The van der Waals surface area contributed by atoms with Gasteiger partial charge in [0.1, 0.15) is 4.58 Å². The lowest BCUT2D eigenvalue weighted by Gasteiger charge is -2.19. The number of hydrogen-bond acceptors (Lipinski definition) is 5. The Bertz CT molecular complexity index is 1040. The molecule has 4 nitrogen and oxygen atoms in total. The molecule has 1 aromatic heterocycles. The average molecular weight is 426 g/mol. The molecule has 0 radical (unpaired) electrons. The van der Waals surface area contributed by atoms with Crippen molar-refractivity contribution >= 4 is 21.6 Å². The van der Waals surface area contributed by atoms with Gasteiger partial charge in [-0.05, 0) is 36.8 Å². The first kappa shape index (κ1) is 20.1. The first-order valence-electron chi connectivity index (χ1n) is 9.56. The number of hydrogen-bond donors (Lipinski definition) is 0. The van der Waals surface area contributed by atoms with Crippen molar-refractivity contribution in [2.75, 3.05) is 0 Å². The van der Waals surface area contributed by atoms with E-state index in [-0.39, 0.29) is 6.10 Å². The number of epoxide rings is 1. The van der Waals surface area contributed by atoms with Gasteiger partial charge < -0.3 is 4.74 Å². The summed E-state index contributed by atoms with van der Waals surface area (Å²) in [4.78, 5) is 4.65. The number of ether oxygens (including phenoxy) is 1. The van der Waals surface area contributed by atoms with E-state index in [4.69, 9.17) is 4.74 Å². The van der Waals surface area contributed by atoms with Crippen LogP contribution in [0.4, 0.5) is 0 Å². The minimum absolute atomic E-state index is 0.0164. The van der Waals surface area contributed by atoms with Crippen LogP contribution in [0.5, 0.6) is 0 Å². The number of rotatable bonds is 8. The molecule has 2 heterocycles. The topological polar surface area (TPSA) is 59.6 Å². The fourth-order valence-electron chi connectivity index (χ4n) is 3.42. The third-order valence-corrected chi connectivity index (χ3v) is 8.93. The zero-order chi connectivity index (χ0) is 20.3. The third kappa shape index (κ3) is 4.71. The van der Waals surface area contributed by atoms with Crippen molar-refractivity contribution in [2.45, 2.75) is 46.0 Å². The summed E-state index contributed by atoms with van der Waals surface area (Å²) in [6, 6.07) is 24.3. The van der Waals surface area contributed by atoms with Gasteiger partial charge in [0.05, 0.1) is 21.6 Å². The molecule has 0 amide bonds. The quantitative estimate of drug-likeness (QED) is 0.384. The SMILES string of the molecule is CC1(CC(Sc2ccccn2)S(=O)(=O)c2ccccc2)O[C@@H]1Cc1ccccc1. The van der Waals surface area contributed by atoms with Crippen LogP contribution in [0.25, 0.3) is 0 Å². The molecule has 1 fully saturated rings. The van der Waals surface area contributed by atoms with Crippen molar-refractivity contribution in [1.29, 1.82) is 0 Å². The van der Waals surface area contributed by atoms with E-state index in [2.05, 4.69) is 17.1 Å². The Morgan fingerprint density at radius 1 is 1.00 bits per heavy atom. The molecule has 1 saturated heterocycles. The van der Waals surface area contributed by atoms with Crippen LogP contribution in [-0.2, 0) is 21.0 Å². The smallest absolute Gasteiger partial charge is 0.191 e. The monoisotopic (exact) mass is 425 g/mol. The van der Waals surface area contributed by atoms with Crippen LogP contribution in [0.3, 0.4) is 0 Å². The summed E-state index contributed by atoms with van der Waals surface area (Å²) in [6.07, 6.45) is 2.89. The van der Waals surface area contributed by atoms with E-state index in [0.29, 0.717) is 16.3 Å². The normalized spacial score (nSPS) is 22.2. The van der Waals surface area contributed by atoms with Gasteiger partial charge in [0.2, 0.25) is 0 Å². The molecule has 2 aromatic carbocycles. The van der Waals surface area contributed by atoms with E-state index >= 15 is 0 Å². The highest BCUT2D eigenvalue weighted by molar-refractivity contribution is 8.13. The van der Waals surface area contributed by atoms with Gasteiger partial charge in [-0.2, -0.15) is 0 Å². The molecule has 3 aromatic rings. The maximum atomic E-state index is 13.4. The van der Waals surface area contributed by atoms with Crippen LogP contribution in [0, 0.1) is 0 Å². The largest absolute Gasteiger partial charge is 0.366 e. The first-order chi connectivity index (χ1) is 14.0. The van der Waals surface area contributed by atoms with Gasteiger partial charge in [0.15, 0.2) is 9.84 Å². The summed E-state index contributed by atoms with van der Waals surface area (Å²) in [5, 5.41) is 0.695. The third-order valence-electron chi connectivity index (χ3n) is 5.18. The number of benzene rings is 2. The lowest BCUT2D eigenvalue weighted by Crippen LogP contribution is -2.26. The van der Waals surface area contributed by atoms with Crippen LogP contribution in [0.1, 0.15) is 18.9 Å². The number of pyridine rings is 1. The maximum Gasteiger partial charge on any atom is 0.191 e. The van der Waals surface area contributed by atoms with Gasteiger partial charge >= 0.3 is 0 Å². The van der Waals surface area contributed by atoms with Gasteiger partial charge in [-0.15, -0.1) is 0 Å². The van der Waals surface area contributed by atoms with Crippen molar-refractivity contribution in [3.05, 3.63) is 90.6 Å². The Balaban J connectivity index is 1.56. The van der Waals surface area contributed by atoms with E-state index in [1.165, 1.54) is 17.3 Å². The lowest BCUT2D eigenvalue weighted by atomic mass is 9.99. The Morgan fingerprint density at radius 2 is 1.66 bits per heavy atom. The fourth-order valence-corrected chi connectivity index (χ4v) is 6.90. The molecule has 2 unspecified atom stereocenters. The molecule has 0 spiro atoms. The summed E-state index contributed by atoms with van der Waals surface area (Å²) in [5.41, 5.74) is 0.727. The number of nitrogens with zero attached hydrogens (tertiary/aromatic N) is 1. The summed E-state index contributed by atoms with van der Waals surface area (Å²) in [6.45, 7) is 2.01. The summed E-state index contributed by atoms with van der Waals surface area (Å²) >= 11 is 1.29. The highest BCUT2D eigenvalue weighted by atomic mass is 32.3. The molecule has 3 atom stereocenters. The highest BCUT2D eigenvalue weighted by Crippen LogP contribution is 2.46. The van der Waals surface area contributed by atoms with Crippen LogP contribution >= 0.6 is 11.8 Å². The molecule has 150 valence electrons. The zero-order valence-corrected chi connectivity index (χ0v) is 17.8. The number of aromatic nitrogens is 1. The Labute approximate surface area is 176 Å². The molecule has 0 bridgehead atoms. The summed E-state index contributed by atoms with van der Waals surface area (Å²) < 4.78 is 32.1. The van der Waals surface area contributed by atoms with E-state index in [9.17, 15) is 8.42 Å². The zero-order valence-electron chi connectivity index (χ0n) is 16.1. The van der Waals surface area contributed by atoms with Crippen LogP contribution in [0.2, 0.25) is 0 Å². The maximum absolute atomic E-state index is 13.4. The van der Waals surface area contributed by atoms with Gasteiger partial charge in [-0.25, -0.2) is 13.4 Å².